The van der Waals surface area contributed by atoms with E-state index in [1.165, 1.54) is 0 Å². The lowest BCUT2D eigenvalue weighted by molar-refractivity contribution is 0.247. The van der Waals surface area contributed by atoms with Crippen LogP contribution in [0.2, 0.25) is 0 Å². The van der Waals surface area contributed by atoms with Crippen LogP contribution in [0.3, 0.4) is 0 Å². The van der Waals surface area contributed by atoms with Crippen molar-refractivity contribution in [1.29, 1.82) is 0 Å². The molecule has 1 saturated heterocycles. The predicted molar refractivity (Wildman–Crippen MR) is 35.6 cm³/mol. The average molecular weight is 132 g/mol. The molecule has 0 saturated carbocycles. The quantitative estimate of drug-likeness (QED) is 0.560. The van der Waals surface area contributed by atoms with Crippen molar-refractivity contribution in [2.45, 2.75) is 0 Å². The molecule has 3 heteroatoms. The third kappa shape index (κ3) is 1.65. The third-order valence-corrected chi connectivity index (χ3v) is 2.08. The van der Waals surface area contributed by atoms with Crippen LogP contribution >= 0.6 is 11.8 Å². The maximum atomic E-state index is 5.01. The molecule has 1 aliphatic rings. The van der Waals surface area contributed by atoms with Crippen LogP contribution in [0.5, 0.6) is 0 Å². The first-order valence-electron chi connectivity index (χ1n) is 2.67. The second-order valence-corrected chi connectivity index (χ2v) is 2.75. The Kier molecular flexibility index (Phi) is 2.66. The van der Waals surface area contributed by atoms with Gasteiger partial charge in [-0.1, -0.05) is 0 Å². The first-order chi connectivity index (χ1) is 3.93. The molecule has 0 atom stereocenters. The smallest absolute Gasteiger partial charge is 0.165 e. The van der Waals surface area contributed by atoms with Crippen molar-refractivity contribution < 1.29 is 4.74 Å². The molecule has 1 radical (unpaired) electrons. The van der Waals surface area contributed by atoms with Crippen molar-refractivity contribution in [2.24, 2.45) is 0 Å². The Hall–Kier alpha value is 0.270. The van der Waals surface area contributed by atoms with Crippen LogP contribution in [0.15, 0.2) is 0 Å². The van der Waals surface area contributed by atoms with Crippen molar-refractivity contribution in [3.05, 3.63) is 5.44 Å². The van der Waals surface area contributed by atoms with Gasteiger partial charge in [0.05, 0.1) is 0 Å². The first kappa shape index (κ1) is 6.39. The lowest BCUT2D eigenvalue weighted by Gasteiger charge is -2.18. The Morgan fingerprint density at radius 1 is 1.75 bits per heavy atom. The van der Waals surface area contributed by atoms with E-state index in [9.17, 15) is 0 Å². The average Bonchev–Trinajstić information content (AvgIpc) is 1.90. The van der Waals surface area contributed by atoms with E-state index >= 15 is 0 Å². The molecule has 0 aromatic heterocycles. The van der Waals surface area contributed by atoms with Gasteiger partial charge in [-0.05, 0) is 0 Å². The van der Waals surface area contributed by atoms with Crippen LogP contribution < -0.4 is 5.32 Å². The molecule has 8 heavy (non-hydrogen) atoms. The summed E-state index contributed by atoms with van der Waals surface area (Å²) in [6, 6.07) is 0. The lowest BCUT2D eigenvalue weighted by atomic mass is 10.6. The minimum absolute atomic E-state index is 0.918. The van der Waals surface area contributed by atoms with Gasteiger partial charge in [0.1, 0.15) is 0 Å². The number of hydrogen-bond acceptors (Lipinski definition) is 3. The lowest BCUT2D eigenvalue weighted by Crippen LogP contribution is -2.28. The highest BCUT2D eigenvalue weighted by molar-refractivity contribution is 8.02. The van der Waals surface area contributed by atoms with Crippen molar-refractivity contribution in [1.82, 2.24) is 5.32 Å². The highest BCUT2D eigenvalue weighted by atomic mass is 32.2. The SMILES string of the molecule is CO[C]1CNCCS1. The van der Waals surface area contributed by atoms with Crippen LogP contribution in [0, 0.1) is 5.44 Å². The molecule has 1 N–H and O–H groups in total. The number of methoxy groups -OCH3 is 1. The molecule has 0 spiro atoms. The molecule has 1 aliphatic heterocycles. The largest absolute Gasteiger partial charge is 0.362 e. The molecule has 0 bridgehead atoms. The Bertz CT molecular complexity index is 63.4. The van der Waals surface area contributed by atoms with Crippen LogP contribution in [0.1, 0.15) is 0 Å². The van der Waals surface area contributed by atoms with Gasteiger partial charge in [-0.15, -0.1) is 11.8 Å². The highest BCUT2D eigenvalue weighted by Gasteiger charge is 2.12. The van der Waals surface area contributed by atoms with Gasteiger partial charge in [0, 0.05) is 26.0 Å². The van der Waals surface area contributed by atoms with Gasteiger partial charge in [-0.2, -0.15) is 0 Å². The number of ether oxygens (including phenoxy) is 1. The van der Waals surface area contributed by atoms with Crippen molar-refractivity contribution in [3.8, 4) is 0 Å². The van der Waals surface area contributed by atoms with Gasteiger partial charge in [0.2, 0.25) is 0 Å². The fraction of sp³-hybridized carbons (Fsp3) is 0.800. The molecule has 0 aromatic carbocycles. The molecule has 0 amide bonds. The highest BCUT2D eigenvalue weighted by Crippen LogP contribution is 2.20. The molecule has 2 nitrogen and oxygen atoms in total. The Morgan fingerprint density at radius 3 is 3.00 bits per heavy atom. The zero-order valence-electron chi connectivity index (χ0n) is 4.94. The normalized spacial score (nSPS) is 23.6. The van der Waals surface area contributed by atoms with Gasteiger partial charge in [-0.3, -0.25) is 0 Å². The van der Waals surface area contributed by atoms with E-state index in [-0.39, 0.29) is 0 Å². The summed E-state index contributed by atoms with van der Waals surface area (Å²) in [5, 5.41) is 3.20. The number of nitrogens with one attached hydrogen (secondary N) is 1. The summed E-state index contributed by atoms with van der Waals surface area (Å²) in [6.07, 6.45) is 0. The summed E-state index contributed by atoms with van der Waals surface area (Å²) in [4.78, 5) is 0. The van der Waals surface area contributed by atoms with Crippen molar-refractivity contribution >= 4 is 11.8 Å². The first-order valence-corrected chi connectivity index (χ1v) is 3.65. The molecule has 0 aliphatic carbocycles. The Balaban J connectivity index is 2.13. The van der Waals surface area contributed by atoms with E-state index in [0.29, 0.717) is 0 Å². The van der Waals surface area contributed by atoms with Crippen LogP contribution in [-0.2, 0) is 4.74 Å². The van der Waals surface area contributed by atoms with E-state index in [0.717, 1.165) is 24.3 Å². The van der Waals surface area contributed by atoms with E-state index in [1.807, 2.05) is 0 Å². The molecule has 47 valence electrons. The summed E-state index contributed by atoms with van der Waals surface area (Å²) in [6.45, 7) is 2.03. The van der Waals surface area contributed by atoms with Crippen molar-refractivity contribution in [3.63, 3.8) is 0 Å². The molecule has 1 rings (SSSR count). The molecule has 1 fully saturated rings. The number of rotatable bonds is 1. The van der Waals surface area contributed by atoms with Crippen LogP contribution in [-0.4, -0.2) is 26.0 Å². The van der Waals surface area contributed by atoms with Crippen molar-refractivity contribution in [2.75, 3.05) is 26.0 Å². The van der Waals surface area contributed by atoms with E-state index in [2.05, 4.69) is 5.32 Å². The molecule has 0 aromatic rings. The van der Waals surface area contributed by atoms with Gasteiger partial charge < -0.3 is 10.1 Å². The zero-order chi connectivity index (χ0) is 5.82. The standard InChI is InChI=1S/C5H10NOS/c1-7-5-4-6-2-3-8-5/h6H,2-4H2,1H3. The molecule has 0 unspecified atom stereocenters. The minimum atomic E-state index is 0.918. The fourth-order valence-electron chi connectivity index (χ4n) is 0.610. The maximum Gasteiger partial charge on any atom is 0.165 e. The third-order valence-electron chi connectivity index (χ3n) is 1.04. The number of thioether (sulfide) groups is 1. The summed E-state index contributed by atoms with van der Waals surface area (Å²) in [5.74, 6) is 1.14. The Morgan fingerprint density at radius 2 is 2.62 bits per heavy atom. The van der Waals surface area contributed by atoms with Gasteiger partial charge in [-0.25, -0.2) is 0 Å². The topological polar surface area (TPSA) is 21.3 Å². The molecular formula is C5H10NOS. The van der Waals surface area contributed by atoms with Crippen LogP contribution in [0.25, 0.3) is 0 Å². The second-order valence-electron chi connectivity index (χ2n) is 1.60. The Labute approximate surface area is 54.0 Å². The summed E-state index contributed by atoms with van der Waals surface area (Å²) >= 11 is 1.80. The summed E-state index contributed by atoms with van der Waals surface area (Å²) in [5.41, 5.74) is 1.11. The zero-order valence-corrected chi connectivity index (χ0v) is 5.75. The molecule has 1 heterocycles. The molecular weight excluding hydrogens is 122 g/mol. The van der Waals surface area contributed by atoms with Gasteiger partial charge >= 0.3 is 0 Å². The fourth-order valence-corrected chi connectivity index (χ4v) is 1.41. The summed E-state index contributed by atoms with van der Waals surface area (Å²) < 4.78 is 5.01. The number of hydrogen-bond donors (Lipinski definition) is 1. The van der Waals surface area contributed by atoms with E-state index < -0.39 is 0 Å². The minimum Gasteiger partial charge on any atom is -0.362 e. The van der Waals surface area contributed by atoms with E-state index in [4.69, 9.17) is 4.74 Å². The van der Waals surface area contributed by atoms with E-state index in [1.54, 1.807) is 18.9 Å². The second kappa shape index (κ2) is 3.33. The predicted octanol–water partition coefficient (Wildman–Crippen LogP) is 0.459. The van der Waals surface area contributed by atoms with Crippen LogP contribution in [0.4, 0.5) is 0 Å². The summed E-state index contributed by atoms with van der Waals surface area (Å²) in [7, 11) is 1.72. The maximum absolute atomic E-state index is 5.01. The van der Waals surface area contributed by atoms with Gasteiger partial charge in [0.15, 0.2) is 5.44 Å². The monoisotopic (exact) mass is 132 g/mol. The van der Waals surface area contributed by atoms with Gasteiger partial charge in [0.25, 0.3) is 0 Å².